The lowest BCUT2D eigenvalue weighted by molar-refractivity contribution is 0.414. The van der Waals surface area contributed by atoms with Crippen molar-refractivity contribution in [3.8, 4) is 5.75 Å². The zero-order chi connectivity index (χ0) is 13.8. The first-order chi connectivity index (χ1) is 9.86. The normalized spacial score (nSPS) is 10.7. The number of benzene rings is 1. The minimum absolute atomic E-state index is 0.879. The lowest BCUT2D eigenvalue weighted by atomic mass is 10.1. The monoisotopic (exact) mass is 267 g/mol. The van der Waals surface area contributed by atoms with Gasteiger partial charge in [0, 0.05) is 18.9 Å². The van der Waals surface area contributed by atoms with Crippen LogP contribution in [-0.4, -0.2) is 23.0 Å². The minimum atomic E-state index is 0.879. The first-order valence-corrected chi connectivity index (χ1v) is 6.66. The number of aromatic nitrogens is 2. The molecule has 4 heteroatoms. The van der Waals surface area contributed by atoms with E-state index in [2.05, 4.69) is 28.5 Å². The molecule has 3 aromatic rings. The van der Waals surface area contributed by atoms with Crippen LogP contribution in [0.4, 0.5) is 5.82 Å². The molecular formula is C16H17N3O. The number of ether oxygens (including phenoxy) is 1. The molecule has 1 aromatic carbocycles. The third-order valence-electron chi connectivity index (χ3n) is 3.31. The molecule has 0 saturated heterocycles. The fourth-order valence-corrected chi connectivity index (χ4v) is 2.22. The number of pyridine rings is 1. The van der Waals surface area contributed by atoms with Crippen LogP contribution >= 0.6 is 0 Å². The van der Waals surface area contributed by atoms with Gasteiger partial charge in [-0.3, -0.25) is 4.40 Å². The molecule has 0 aliphatic rings. The summed E-state index contributed by atoms with van der Waals surface area (Å²) < 4.78 is 7.21. The van der Waals surface area contributed by atoms with E-state index in [1.807, 2.05) is 41.1 Å². The largest absolute Gasteiger partial charge is 0.497 e. The van der Waals surface area contributed by atoms with Crippen molar-refractivity contribution in [3.63, 3.8) is 0 Å². The highest BCUT2D eigenvalue weighted by atomic mass is 16.5. The molecule has 2 aromatic heterocycles. The molecule has 4 nitrogen and oxygen atoms in total. The van der Waals surface area contributed by atoms with E-state index >= 15 is 0 Å². The molecule has 0 aliphatic carbocycles. The van der Waals surface area contributed by atoms with Gasteiger partial charge < -0.3 is 10.1 Å². The molecule has 0 fully saturated rings. The van der Waals surface area contributed by atoms with Crippen LogP contribution in [0.1, 0.15) is 5.56 Å². The van der Waals surface area contributed by atoms with Gasteiger partial charge in [0.15, 0.2) is 0 Å². The Morgan fingerprint density at radius 1 is 1.15 bits per heavy atom. The maximum absolute atomic E-state index is 5.16. The number of nitrogens with zero attached hydrogens (tertiary/aromatic N) is 2. The van der Waals surface area contributed by atoms with Gasteiger partial charge in [-0.2, -0.15) is 0 Å². The number of methoxy groups -OCH3 is 1. The zero-order valence-corrected chi connectivity index (χ0v) is 11.4. The van der Waals surface area contributed by atoms with Crippen LogP contribution < -0.4 is 10.1 Å². The number of nitrogens with one attached hydrogen (secondary N) is 1. The Balaban J connectivity index is 1.63. The fraction of sp³-hybridized carbons (Fsp3) is 0.188. The summed E-state index contributed by atoms with van der Waals surface area (Å²) >= 11 is 0. The van der Waals surface area contributed by atoms with Crippen LogP contribution in [0.2, 0.25) is 0 Å². The van der Waals surface area contributed by atoms with Crippen molar-refractivity contribution in [2.45, 2.75) is 6.42 Å². The third kappa shape index (κ3) is 2.59. The first kappa shape index (κ1) is 12.5. The van der Waals surface area contributed by atoms with Crippen LogP contribution in [0.5, 0.6) is 5.75 Å². The van der Waals surface area contributed by atoms with Gasteiger partial charge in [0.1, 0.15) is 17.2 Å². The molecule has 20 heavy (non-hydrogen) atoms. The van der Waals surface area contributed by atoms with Crippen molar-refractivity contribution in [1.29, 1.82) is 0 Å². The molecular weight excluding hydrogens is 250 g/mol. The Kier molecular flexibility index (Phi) is 3.54. The number of anilines is 1. The maximum Gasteiger partial charge on any atom is 0.138 e. The molecule has 0 radical (unpaired) electrons. The first-order valence-electron chi connectivity index (χ1n) is 6.66. The summed E-state index contributed by atoms with van der Waals surface area (Å²) in [6, 6.07) is 14.2. The van der Waals surface area contributed by atoms with Gasteiger partial charge in [-0.05, 0) is 36.2 Å². The molecule has 0 amide bonds. The molecule has 0 bridgehead atoms. The second-order valence-electron chi connectivity index (χ2n) is 4.59. The zero-order valence-electron chi connectivity index (χ0n) is 11.4. The molecule has 0 atom stereocenters. The highest BCUT2D eigenvalue weighted by Crippen LogP contribution is 2.13. The van der Waals surface area contributed by atoms with Crippen LogP contribution in [0, 0.1) is 0 Å². The average molecular weight is 267 g/mol. The summed E-state index contributed by atoms with van der Waals surface area (Å²) in [6.07, 6.45) is 4.74. The van der Waals surface area contributed by atoms with E-state index in [-0.39, 0.29) is 0 Å². The second-order valence-corrected chi connectivity index (χ2v) is 4.59. The van der Waals surface area contributed by atoms with Crippen molar-refractivity contribution < 1.29 is 4.74 Å². The number of hydrogen-bond acceptors (Lipinski definition) is 3. The van der Waals surface area contributed by atoms with Crippen LogP contribution in [-0.2, 0) is 6.42 Å². The second kappa shape index (κ2) is 5.65. The molecule has 0 unspecified atom stereocenters. The SMILES string of the molecule is COc1ccc(CCNc2cccc3nccn23)cc1. The van der Waals surface area contributed by atoms with E-state index in [9.17, 15) is 0 Å². The molecule has 0 saturated carbocycles. The summed E-state index contributed by atoms with van der Waals surface area (Å²) in [5.74, 6) is 1.96. The van der Waals surface area contributed by atoms with Gasteiger partial charge in [-0.15, -0.1) is 0 Å². The standard InChI is InChI=1S/C16H17N3O/c1-20-14-7-5-13(6-8-14)9-10-17-15-3-2-4-16-18-11-12-19(15)16/h2-8,11-12,17H,9-10H2,1H3. The van der Waals surface area contributed by atoms with Gasteiger partial charge in [-0.25, -0.2) is 4.98 Å². The van der Waals surface area contributed by atoms with Gasteiger partial charge >= 0.3 is 0 Å². The molecule has 0 aliphatic heterocycles. The van der Waals surface area contributed by atoms with Crippen LogP contribution in [0.15, 0.2) is 54.9 Å². The van der Waals surface area contributed by atoms with Crippen molar-refractivity contribution >= 4 is 11.5 Å². The Morgan fingerprint density at radius 3 is 2.80 bits per heavy atom. The maximum atomic E-state index is 5.16. The van der Waals surface area contributed by atoms with Gasteiger partial charge in [0.05, 0.1) is 7.11 Å². The Labute approximate surface area is 118 Å². The highest BCUT2D eigenvalue weighted by Gasteiger charge is 2.00. The summed E-state index contributed by atoms with van der Waals surface area (Å²) in [6.45, 7) is 0.879. The lowest BCUT2D eigenvalue weighted by Crippen LogP contribution is -2.07. The van der Waals surface area contributed by atoms with Gasteiger partial charge in [0.25, 0.3) is 0 Å². The summed E-state index contributed by atoms with van der Waals surface area (Å²) in [5.41, 5.74) is 2.25. The fourth-order valence-electron chi connectivity index (χ4n) is 2.22. The predicted octanol–water partition coefficient (Wildman–Crippen LogP) is 3.00. The number of rotatable bonds is 5. The predicted molar refractivity (Wildman–Crippen MR) is 80.4 cm³/mol. The lowest BCUT2D eigenvalue weighted by Gasteiger charge is -2.09. The van der Waals surface area contributed by atoms with E-state index in [1.165, 1.54) is 5.56 Å². The van der Waals surface area contributed by atoms with E-state index in [1.54, 1.807) is 7.11 Å². The number of hydrogen-bond donors (Lipinski definition) is 1. The molecule has 102 valence electrons. The van der Waals surface area contributed by atoms with E-state index < -0.39 is 0 Å². The Bertz CT molecular complexity index is 688. The van der Waals surface area contributed by atoms with Crippen molar-refractivity contribution in [2.75, 3.05) is 19.0 Å². The molecule has 1 N–H and O–H groups in total. The average Bonchev–Trinajstić information content (AvgIpc) is 2.97. The Morgan fingerprint density at radius 2 is 2.00 bits per heavy atom. The molecule has 2 heterocycles. The minimum Gasteiger partial charge on any atom is -0.497 e. The third-order valence-corrected chi connectivity index (χ3v) is 3.31. The summed E-state index contributed by atoms with van der Waals surface area (Å²) in [7, 11) is 1.68. The van der Waals surface area contributed by atoms with Gasteiger partial charge in [-0.1, -0.05) is 18.2 Å². The van der Waals surface area contributed by atoms with Crippen molar-refractivity contribution in [1.82, 2.24) is 9.38 Å². The number of fused-ring (bicyclic) bond motifs is 1. The smallest absolute Gasteiger partial charge is 0.138 e. The summed E-state index contributed by atoms with van der Waals surface area (Å²) in [5, 5.41) is 3.44. The quantitative estimate of drug-likeness (QED) is 0.772. The molecule has 3 rings (SSSR count). The highest BCUT2D eigenvalue weighted by molar-refractivity contribution is 5.49. The van der Waals surface area contributed by atoms with Crippen molar-refractivity contribution in [2.24, 2.45) is 0 Å². The van der Waals surface area contributed by atoms with Gasteiger partial charge in [0.2, 0.25) is 0 Å². The Hall–Kier alpha value is -2.49. The van der Waals surface area contributed by atoms with E-state index in [4.69, 9.17) is 4.74 Å². The van der Waals surface area contributed by atoms with Crippen molar-refractivity contribution in [3.05, 3.63) is 60.4 Å². The van der Waals surface area contributed by atoms with E-state index in [0.29, 0.717) is 0 Å². The van der Waals surface area contributed by atoms with Crippen LogP contribution in [0.25, 0.3) is 5.65 Å². The topological polar surface area (TPSA) is 38.6 Å². The number of imidazole rings is 1. The summed E-state index contributed by atoms with van der Waals surface area (Å²) in [4.78, 5) is 4.27. The van der Waals surface area contributed by atoms with E-state index in [0.717, 1.165) is 30.2 Å². The molecule has 0 spiro atoms. The van der Waals surface area contributed by atoms with Crippen LogP contribution in [0.3, 0.4) is 0 Å².